The van der Waals surface area contributed by atoms with Crippen LogP contribution in [0.5, 0.6) is 0 Å². The van der Waals surface area contributed by atoms with Crippen molar-refractivity contribution in [3.63, 3.8) is 0 Å². The molecular formula is C16H22F2N2O3. The van der Waals surface area contributed by atoms with Gasteiger partial charge in [0, 0.05) is 32.1 Å². The number of hydrogen-bond donors (Lipinski definition) is 2. The third-order valence-corrected chi connectivity index (χ3v) is 3.40. The van der Waals surface area contributed by atoms with Crippen LogP contribution in [0.3, 0.4) is 0 Å². The van der Waals surface area contributed by atoms with E-state index < -0.39 is 29.7 Å². The Morgan fingerprint density at radius 2 is 2.00 bits per heavy atom. The summed E-state index contributed by atoms with van der Waals surface area (Å²) in [7, 11) is 1.57. The third-order valence-electron chi connectivity index (χ3n) is 3.40. The van der Waals surface area contributed by atoms with Crippen LogP contribution in [0.2, 0.25) is 0 Å². The van der Waals surface area contributed by atoms with E-state index in [1.54, 1.807) is 14.0 Å². The summed E-state index contributed by atoms with van der Waals surface area (Å²) in [4.78, 5) is 24.9. The number of benzene rings is 1. The van der Waals surface area contributed by atoms with Crippen LogP contribution in [0.15, 0.2) is 18.2 Å². The lowest BCUT2D eigenvalue weighted by atomic mass is 10.0. The molecule has 2 amide bonds. The molecule has 0 aliphatic carbocycles. The number of nitrogens with one attached hydrogen (secondary N) is 1. The van der Waals surface area contributed by atoms with Crippen molar-refractivity contribution in [2.75, 3.05) is 13.6 Å². The van der Waals surface area contributed by atoms with Crippen LogP contribution in [0.4, 0.5) is 8.78 Å². The maximum absolute atomic E-state index is 13.9. The Hall–Kier alpha value is -2.02. The summed E-state index contributed by atoms with van der Waals surface area (Å²) in [6.07, 6.45) is -0.276. The third kappa shape index (κ3) is 6.32. The van der Waals surface area contributed by atoms with Crippen molar-refractivity contribution in [2.24, 2.45) is 0 Å². The molecule has 23 heavy (non-hydrogen) atoms. The van der Waals surface area contributed by atoms with Crippen molar-refractivity contribution in [2.45, 2.75) is 38.8 Å². The van der Waals surface area contributed by atoms with Gasteiger partial charge in [0.25, 0.3) is 0 Å². The molecule has 0 saturated carbocycles. The van der Waals surface area contributed by atoms with Gasteiger partial charge in [-0.3, -0.25) is 9.59 Å². The molecule has 0 saturated heterocycles. The molecule has 1 aromatic carbocycles. The minimum Gasteiger partial charge on any atom is -0.393 e. The molecule has 2 N–H and O–H groups in total. The topological polar surface area (TPSA) is 69.6 Å². The lowest BCUT2D eigenvalue weighted by Gasteiger charge is -2.23. The Labute approximate surface area is 134 Å². The smallest absolute Gasteiger partial charge is 0.224 e. The molecule has 7 heteroatoms. The van der Waals surface area contributed by atoms with Gasteiger partial charge in [0.05, 0.1) is 18.6 Å². The lowest BCUT2D eigenvalue weighted by Crippen LogP contribution is -2.35. The predicted octanol–water partition coefficient (Wildman–Crippen LogP) is 1.76. The van der Waals surface area contributed by atoms with Crippen molar-refractivity contribution in [3.8, 4) is 0 Å². The van der Waals surface area contributed by atoms with Gasteiger partial charge in [0.2, 0.25) is 11.8 Å². The van der Waals surface area contributed by atoms with Crippen LogP contribution < -0.4 is 5.32 Å². The Morgan fingerprint density at radius 1 is 1.35 bits per heavy atom. The van der Waals surface area contributed by atoms with Gasteiger partial charge >= 0.3 is 0 Å². The summed E-state index contributed by atoms with van der Waals surface area (Å²) in [5, 5.41) is 11.8. The molecule has 0 spiro atoms. The molecule has 0 bridgehead atoms. The zero-order chi connectivity index (χ0) is 17.6. The van der Waals surface area contributed by atoms with Crippen LogP contribution in [0.25, 0.3) is 0 Å². The van der Waals surface area contributed by atoms with Gasteiger partial charge in [-0.05, 0) is 19.4 Å². The summed E-state index contributed by atoms with van der Waals surface area (Å²) in [5.74, 6) is -2.28. The van der Waals surface area contributed by atoms with Gasteiger partial charge in [0.15, 0.2) is 0 Å². The van der Waals surface area contributed by atoms with E-state index in [4.69, 9.17) is 0 Å². The molecule has 0 aliphatic heterocycles. The van der Waals surface area contributed by atoms with Crippen molar-refractivity contribution in [3.05, 3.63) is 35.4 Å². The number of hydrogen-bond acceptors (Lipinski definition) is 3. The second-order valence-electron chi connectivity index (χ2n) is 5.58. The van der Waals surface area contributed by atoms with Gasteiger partial charge < -0.3 is 15.3 Å². The minimum absolute atomic E-state index is 0.0545. The predicted molar refractivity (Wildman–Crippen MR) is 81.5 cm³/mol. The molecule has 128 valence electrons. The van der Waals surface area contributed by atoms with Crippen LogP contribution in [-0.2, 0) is 9.59 Å². The number of halogens is 2. The molecular weight excluding hydrogens is 306 g/mol. The number of nitrogens with zero attached hydrogens (tertiary/aromatic N) is 1. The zero-order valence-electron chi connectivity index (χ0n) is 13.5. The first-order valence-corrected chi connectivity index (χ1v) is 7.34. The fourth-order valence-electron chi connectivity index (χ4n) is 2.10. The monoisotopic (exact) mass is 328 g/mol. The molecule has 2 unspecified atom stereocenters. The molecule has 0 heterocycles. The molecule has 5 nitrogen and oxygen atoms in total. The largest absolute Gasteiger partial charge is 0.393 e. The maximum atomic E-state index is 13.9. The van der Waals surface area contributed by atoms with Gasteiger partial charge in [0.1, 0.15) is 11.6 Å². The van der Waals surface area contributed by atoms with Crippen LogP contribution in [-0.4, -0.2) is 41.5 Å². The maximum Gasteiger partial charge on any atom is 0.224 e. The van der Waals surface area contributed by atoms with E-state index >= 15 is 0 Å². The molecule has 1 aromatic rings. The highest BCUT2D eigenvalue weighted by Gasteiger charge is 2.22. The quantitative estimate of drug-likeness (QED) is 0.801. The first-order valence-electron chi connectivity index (χ1n) is 7.34. The highest BCUT2D eigenvalue weighted by Crippen LogP contribution is 2.22. The fourth-order valence-corrected chi connectivity index (χ4v) is 2.10. The SMILES string of the molecule is CC(=O)NC(CC(=O)N(C)CCC(C)O)c1ccc(F)cc1F. The van der Waals surface area contributed by atoms with E-state index in [0.717, 1.165) is 6.07 Å². The molecule has 1 rings (SSSR count). The average Bonchev–Trinajstić information content (AvgIpc) is 2.43. The van der Waals surface area contributed by atoms with E-state index in [1.807, 2.05) is 0 Å². The van der Waals surface area contributed by atoms with Crippen LogP contribution >= 0.6 is 0 Å². The second-order valence-corrected chi connectivity index (χ2v) is 5.58. The number of amides is 2. The highest BCUT2D eigenvalue weighted by atomic mass is 19.1. The summed E-state index contributed by atoms with van der Waals surface area (Å²) >= 11 is 0. The lowest BCUT2D eigenvalue weighted by molar-refractivity contribution is -0.131. The highest BCUT2D eigenvalue weighted by molar-refractivity contribution is 5.79. The molecule has 0 fully saturated rings. The first-order chi connectivity index (χ1) is 10.7. The van der Waals surface area contributed by atoms with Crippen LogP contribution in [0.1, 0.15) is 38.3 Å². The van der Waals surface area contributed by atoms with Gasteiger partial charge in [-0.2, -0.15) is 0 Å². The van der Waals surface area contributed by atoms with Gasteiger partial charge in [-0.25, -0.2) is 8.78 Å². The van der Waals surface area contributed by atoms with E-state index in [1.165, 1.54) is 17.9 Å². The van der Waals surface area contributed by atoms with Gasteiger partial charge in [-0.1, -0.05) is 6.07 Å². The Balaban J connectivity index is 2.86. The first kappa shape index (κ1) is 19.0. The summed E-state index contributed by atoms with van der Waals surface area (Å²) in [5.41, 5.74) is 0.0545. The van der Waals surface area contributed by atoms with E-state index in [2.05, 4.69) is 5.32 Å². The number of carbonyl (C=O) groups is 2. The standard InChI is InChI=1S/C16H22F2N2O3/c1-10(21)6-7-20(3)16(23)9-15(19-11(2)22)13-5-4-12(17)8-14(13)18/h4-5,8,10,15,21H,6-7,9H2,1-3H3,(H,19,22). The van der Waals surface area contributed by atoms with E-state index in [-0.39, 0.29) is 17.9 Å². The summed E-state index contributed by atoms with van der Waals surface area (Å²) < 4.78 is 26.9. The molecule has 0 aliphatic rings. The Bertz CT molecular complexity index is 564. The van der Waals surface area contributed by atoms with Crippen molar-refractivity contribution < 1.29 is 23.5 Å². The fraction of sp³-hybridized carbons (Fsp3) is 0.500. The van der Waals surface area contributed by atoms with Crippen LogP contribution in [0, 0.1) is 11.6 Å². The molecule has 0 aromatic heterocycles. The van der Waals surface area contributed by atoms with Crippen molar-refractivity contribution in [1.29, 1.82) is 0 Å². The Kier molecular flexibility index (Phi) is 7.09. The second kappa shape index (κ2) is 8.57. The van der Waals surface area contributed by atoms with Crippen molar-refractivity contribution >= 4 is 11.8 Å². The average molecular weight is 328 g/mol. The molecule has 2 atom stereocenters. The molecule has 0 radical (unpaired) electrons. The van der Waals surface area contributed by atoms with Gasteiger partial charge in [-0.15, -0.1) is 0 Å². The van der Waals surface area contributed by atoms with E-state index in [9.17, 15) is 23.5 Å². The Morgan fingerprint density at radius 3 is 2.52 bits per heavy atom. The number of rotatable bonds is 7. The number of carbonyl (C=O) groups excluding carboxylic acids is 2. The summed E-state index contributed by atoms with van der Waals surface area (Å²) in [6.45, 7) is 3.22. The van der Waals surface area contributed by atoms with Crippen molar-refractivity contribution in [1.82, 2.24) is 10.2 Å². The normalized spacial score (nSPS) is 13.3. The number of aliphatic hydroxyl groups excluding tert-OH is 1. The zero-order valence-corrected chi connectivity index (χ0v) is 13.5. The number of aliphatic hydroxyl groups is 1. The summed E-state index contributed by atoms with van der Waals surface area (Å²) in [6, 6.07) is 2.13. The minimum atomic E-state index is -0.880. The van der Waals surface area contributed by atoms with E-state index in [0.29, 0.717) is 19.0 Å².